The first-order valence-electron chi connectivity index (χ1n) is 3.00. The Hall–Kier alpha value is 0.240. The highest BCUT2D eigenvalue weighted by Gasteiger charge is 1.93. The van der Waals surface area contributed by atoms with Crippen LogP contribution in [0.2, 0.25) is 0 Å². The van der Waals surface area contributed by atoms with Gasteiger partial charge in [-0.3, -0.25) is 0 Å². The molecule has 0 saturated carbocycles. The predicted octanol–water partition coefficient (Wildman–Crippen LogP) is 1.28. The zero-order valence-electron chi connectivity index (χ0n) is 5.82. The highest BCUT2D eigenvalue weighted by Crippen LogP contribution is 2.11. The van der Waals surface area contributed by atoms with Gasteiger partial charge in [-0.2, -0.15) is 0 Å². The van der Waals surface area contributed by atoms with Crippen LogP contribution in [0.5, 0.6) is 0 Å². The first-order valence-corrected chi connectivity index (χ1v) is 3.76. The minimum absolute atomic E-state index is 0.132. The van der Waals surface area contributed by atoms with Gasteiger partial charge in [0, 0.05) is 13.1 Å². The Morgan fingerprint density at radius 2 is 2.10 bits per heavy atom. The third-order valence-electron chi connectivity index (χ3n) is 1.00. The molecule has 0 atom stereocenters. The van der Waals surface area contributed by atoms with Crippen molar-refractivity contribution < 1.29 is 5.11 Å². The van der Waals surface area contributed by atoms with Crippen molar-refractivity contribution in [1.29, 1.82) is 0 Å². The molecule has 0 saturated heterocycles. The summed E-state index contributed by atoms with van der Waals surface area (Å²) in [5.74, 6) is 0. The molecule has 0 bridgehead atoms. The second-order valence-electron chi connectivity index (χ2n) is 1.94. The molecule has 2 nitrogen and oxygen atoms in total. The van der Waals surface area contributed by atoms with Crippen LogP contribution < -0.4 is 5.32 Å². The first-order chi connectivity index (χ1) is 4.68. The third kappa shape index (κ3) is 5.06. The molecule has 0 radical (unpaired) electrons. The second kappa shape index (κ2) is 5.98. The van der Waals surface area contributed by atoms with E-state index in [9.17, 15) is 0 Å². The van der Waals surface area contributed by atoms with Gasteiger partial charge >= 0.3 is 0 Å². The molecule has 0 aliphatic carbocycles. The molecule has 0 spiro atoms. The largest absolute Gasteiger partial charge is 0.395 e. The van der Waals surface area contributed by atoms with Crippen molar-refractivity contribution in [3.05, 3.63) is 10.1 Å². The molecule has 10 heavy (non-hydrogen) atoms. The Labute approximate surface area is 70.8 Å². The number of aliphatic hydroxyl groups excluding tert-OH is 1. The predicted molar refractivity (Wildman–Crippen MR) is 44.4 cm³/mol. The number of hydrogen-bond acceptors (Lipinski definition) is 2. The van der Waals surface area contributed by atoms with E-state index < -0.39 is 0 Å². The Morgan fingerprint density at radius 3 is 2.50 bits per heavy atom. The monoisotopic (exact) mass is 183 g/mol. The van der Waals surface area contributed by atoms with Crippen molar-refractivity contribution in [2.75, 3.05) is 19.7 Å². The fourth-order valence-electron chi connectivity index (χ4n) is 0.422. The van der Waals surface area contributed by atoms with Gasteiger partial charge in [-0.05, 0) is 12.5 Å². The van der Waals surface area contributed by atoms with Crippen molar-refractivity contribution in [3.8, 4) is 0 Å². The lowest BCUT2D eigenvalue weighted by Crippen LogP contribution is -2.20. The lowest BCUT2D eigenvalue weighted by atomic mass is 10.3. The Bertz CT molecular complexity index is 121. The molecule has 0 unspecified atom stereocenters. The van der Waals surface area contributed by atoms with E-state index in [2.05, 4.69) is 5.32 Å². The average molecular weight is 184 g/mol. The Balaban J connectivity index is 3.40. The van der Waals surface area contributed by atoms with Gasteiger partial charge in [0.05, 0.1) is 6.61 Å². The van der Waals surface area contributed by atoms with Crippen molar-refractivity contribution in [2.24, 2.45) is 0 Å². The zero-order valence-corrected chi connectivity index (χ0v) is 7.34. The van der Waals surface area contributed by atoms with E-state index in [0.29, 0.717) is 17.6 Å². The summed E-state index contributed by atoms with van der Waals surface area (Å²) in [4.78, 5) is 0. The molecule has 60 valence electrons. The summed E-state index contributed by atoms with van der Waals surface area (Å²) in [6.45, 7) is 3.16. The summed E-state index contributed by atoms with van der Waals surface area (Å²) < 4.78 is 0.297. The van der Waals surface area contributed by atoms with Crippen LogP contribution in [0.4, 0.5) is 0 Å². The van der Waals surface area contributed by atoms with Gasteiger partial charge in [0.25, 0.3) is 0 Å². The number of hydrogen-bond donors (Lipinski definition) is 2. The molecule has 0 rings (SSSR count). The molecular weight excluding hydrogens is 173 g/mol. The van der Waals surface area contributed by atoms with Crippen LogP contribution in [-0.2, 0) is 0 Å². The summed E-state index contributed by atoms with van der Waals surface area (Å²) in [7, 11) is 0. The van der Waals surface area contributed by atoms with Gasteiger partial charge in [0.1, 0.15) is 4.49 Å². The molecule has 0 aromatic heterocycles. The number of aliphatic hydroxyl groups is 1. The van der Waals surface area contributed by atoms with Crippen LogP contribution >= 0.6 is 23.2 Å². The standard InChI is InChI=1S/C6H11Cl2NO/c1-5(6(7)8)4-9-2-3-10/h9-10H,2-4H2,1H3. The van der Waals surface area contributed by atoms with Crippen molar-refractivity contribution >= 4 is 23.2 Å². The lowest BCUT2D eigenvalue weighted by Gasteiger charge is -2.01. The molecule has 0 amide bonds. The van der Waals surface area contributed by atoms with E-state index >= 15 is 0 Å². The van der Waals surface area contributed by atoms with Gasteiger partial charge in [-0.1, -0.05) is 23.2 Å². The molecule has 4 heteroatoms. The van der Waals surface area contributed by atoms with Crippen LogP contribution in [0.3, 0.4) is 0 Å². The second-order valence-corrected chi connectivity index (χ2v) is 2.89. The van der Waals surface area contributed by atoms with E-state index in [4.69, 9.17) is 28.3 Å². The van der Waals surface area contributed by atoms with Gasteiger partial charge < -0.3 is 10.4 Å². The summed E-state index contributed by atoms with van der Waals surface area (Å²) in [6, 6.07) is 0. The fraction of sp³-hybridized carbons (Fsp3) is 0.667. The van der Waals surface area contributed by atoms with Crippen LogP contribution in [0, 0.1) is 0 Å². The van der Waals surface area contributed by atoms with Gasteiger partial charge in [0.15, 0.2) is 0 Å². The van der Waals surface area contributed by atoms with Gasteiger partial charge in [-0.25, -0.2) is 0 Å². The van der Waals surface area contributed by atoms with Crippen molar-refractivity contribution in [3.63, 3.8) is 0 Å². The molecule has 0 aliphatic heterocycles. The SMILES string of the molecule is CC(CNCCO)=C(Cl)Cl. The van der Waals surface area contributed by atoms with E-state index in [0.717, 1.165) is 5.57 Å². The number of halogens is 2. The van der Waals surface area contributed by atoms with Crippen molar-refractivity contribution in [2.45, 2.75) is 6.92 Å². The Kier molecular flexibility index (Phi) is 6.13. The van der Waals surface area contributed by atoms with Crippen LogP contribution in [0.15, 0.2) is 10.1 Å². The van der Waals surface area contributed by atoms with E-state index in [1.165, 1.54) is 0 Å². The quantitative estimate of drug-likeness (QED) is 0.645. The van der Waals surface area contributed by atoms with Crippen LogP contribution in [-0.4, -0.2) is 24.8 Å². The normalized spacial score (nSPS) is 9.60. The minimum atomic E-state index is 0.132. The van der Waals surface area contributed by atoms with Crippen molar-refractivity contribution in [1.82, 2.24) is 5.32 Å². The molecule has 0 aliphatic rings. The highest BCUT2D eigenvalue weighted by atomic mass is 35.5. The maximum Gasteiger partial charge on any atom is 0.107 e. The lowest BCUT2D eigenvalue weighted by molar-refractivity contribution is 0.294. The van der Waals surface area contributed by atoms with E-state index in [1.807, 2.05) is 6.92 Å². The molecule has 0 fully saturated rings. The third-order valence-corrected chi connectivity index (χ3v) is 1.65. The van der Waals surface area contributed by atoms with Crippen LogP contribution in [0.1, 0.15) is 6.92 Å². The van der Waals surface area contributed by atoms with Crippen LogP contribution in [0.25, 0.3) is 0 Å². The fourth-order valence-corrected chi connectivity index (χ4v) is 0.555. The first kappa shape index (κ1) is 10.2. The molecule has 2 N–H and O–H groups in total. The minimum Gasteiger partial charge on any atom is -0.395 e. The maximum absolute atomic E-state index is 8.37. The van der Waals surface area contributed by atoms with Gasteiger partial charge in [-0.15, -0.1) is 0 Å². The molecule has 0 aromatic carbocycles. The van der Waals surface area contributed by atoms with E-state index in [1.54, 1.807) is 0 Å². The van der Waals surface area contributed by atoms with Gasteiger partial charge in [0.2, 0.25) is 0 Å². The molecule has 0 aromatic rings. The zero-order chi connectivity index (χ0) is 7.98. The number of nitrogens with one attached hydrogen (secondary N) is 1. The summed E-state index contributed by atoms with van der Waals surface area (Å²) in [5, 5.41) is 11.3. The smallest absolute Gasteiger partial charge is 0.107 e. The highest BCUT2D eigenvalue weighted by molar-refractivity contribution is 6.56. The average Bonchev–Trinajstić information content (AvgIpc) is 1.88. The maximum atomic E-state index is 8.37. The summed E-state index contributed by atoms with van der Waals surface area (Å²) >= 11 is 10.9. The number of rotatable bonds is 4. The molecule has 0 heterocycles. The van der Waals surface area contributed by atoms with E-state index in [-0.39, 0.29) is 6.61 Å². The molecular formula is C6H11Cl2NO. The summed E-state index contributed by atoms with van der Waals surface area (Å²) in [5.41, 5.74) is 0.886. The summed E-state index contributed by atoms with van der Waals surface area (Å²) in [6.07, 6.45) is 0. The topological polar surface area (TPSA) is 32.3 Å². The Morgan fingerprint density at radius 1 is 1.50 bits per heavy atom.